The first-order chi connectivity index (χ1) is 7.67. The maximum absolute atomic E-state index is 6.29. The van der Waals surface area contributed by atoms with Gasteiger partial charge in [-0.3, -0.25) is 0 Å². The summed E-state index contributed by atoms with van der Waals surface area (Å²) in [6, 6.07) is 6.12. The van der Waals surface area contributed by atoms with Gasteiger partial charge in [0.05, 0.1) is 22.4 Å². The standard InChI is InChI=1S/C11H11BrN2OS/c12-7-1-2-9-8(5-7)14-10(16-9)11(13)3-4-15-6-11/h1-2,5H,3-4,6,13H2. The fraction of sp³-hybridized carbons (Fsp3) is 0.364. The Morgan fingerprint density at radius 2 is 2.38 bits per heavy atom. The summed E-state index contributed by atoms with van der Waals surface area (Å²) in [5.74, 6) is 0. The maximum Gasteiger partial charge on any atom is 0.116 e. The van der Waals surface area contributed by atoms with Crippen molar-refractivity contribution in [3.05, 3.63) is 27.7 Å². The first-order valence-electron chi connectivity index (χ1n) is 5.11. The number of halogens is 1. The molecule has 0 spiro atoms. The second kappa shape index (κ2) is 3.77. The van der Waals surface area contributed by atoms with Crippen molar-refractivity contribution in [2.45, 2.75) is 12.0 Å². The van der Waals surface area contributed by atoms with Crippen LogP contribution in [0.3, 0.4) is 0 Å². The maximum atomic E-state index is 6.29. The van der Waals surface area contributed by atoms with Crippen LogP contribution in [0.1, 0.15) is 11.4 Å². The van der Waals surface area contributed by atoms with E-state index >= 15 is 0 Å². The Hall–Kier alpha value is -0.490. The van der Waals surface area contributed by atoms with Gasteiger partial charge in [0.2, 0.25) is 0 Å². The van der Waals surface area contributed by atoms with Crippen LogP contribution in [-0.4, -0.2) is 18.2 Å². The van der Waals surface area contributed by atoms with Crippen molar-refractivity contribution in [2.75, 3.05) is 13.2 Å². The monoisotopic (exact) mass is 298 g/mol. The predicted octanol–water partition coefficient (Wildman–Crippen LogP) is 2.63. The van der Waals surface area contributed by atoms with E-state index in [-0.39, 0.29) is 5.54 Å². The summed E-state index contributed by atoms with van der Waals surface area (Å²) < 4.78 is 7.59. The molecular formula is C11H11BrN2OS. The highest BCUT2D eigenvalue weighted by Crippen LogP contribution is 2.34. The normalized spacial score (nSPS) is 25.4. The first kappa shape index (κ1) is 10.7. The van der Waals surface area contributed by atoms with E-state index in [1.807, 2.05) is 12.1 Å². The van der Waals surface area contributed by atoms with Gasteiger partial charge in [-0.25, -0.2) is 4.98 Å². The Morgan fingerprint density at radius 1 is 1.50 bits per heavy atom. The zero-order chi connectivity index (χ0) is 11.2. The lowest BCUT2D eigenvalue weighted by molar-refractivity contribution is 0.178. The third-order valence-corrected chi connectivity index (χ3v) is 4.58. The van der Waals surface area contributed by atoms with Crippen molar-refractivity contribution in [3.8, 4) is 0 Å². The average Bonchev–Trinajstić information content (AvgIpc) is 2.84. The van der Waals surface area contributed by atoms with E-state index in [2.05, 4.69) is 27.0 Å². The van der Waals surface area contributed by atoms with Gasteiger partial charge in [-0.1, -0.05) is 15.9 Å². The molecule has 2 heterocycles. The van der Waals surface area contributed by atoms with Gasteiger partial charge < -0.3 is 10.5 Å². The number of thiazole rings is 1. The smallest absolute Gasteiger partial charge is 0.116 e. The summed E-state index contributed by atoms with van der Waals surface area (Å²) in [5.41, 5.74) is 6.92. The zero-order valence-corrected chi connectivity index (χ0v) is 11.0. The van der Waals surface area contributed by atoms with Crippen LogP contribution in [0.5, 0.6) is 0 Å². The molecule has 1 atom stereocenters. The number of ether oxygens (including phenoxy) is 1. The van der Waals surface area contributed by atoms with Crippen molar-refractivity contribution in [1.82, 2.24) is 4.98 Å². The quantitative estimate of drug-likeness (QED) is 0.880. The zero-order valence-electron chi connectivity index (χ0n) is 8.57. The number of nitrogens with two attached hydrogens (primary N) is 1. The molecule has 2 aromatic rings. The fourth-order valence-electron chi connectivity index (χ4n) is 1.86. The van der Waals surface area contributed by atoms with Crippen molar-refractivity contribution in [1.29, 1.82) is 0 Å². The Morgan fingerprint density at radius 3 is 3.12 bits per heavy atom. The molecule has 0 saturated carbocycles. The van der Waals surface area contributed by atoms with Crippen molar-refractivity contribution >= 4 is 37.5 Å². The van der Waals surface area contributed by atoms with Gasteiger partial charge in [0.25, 0.3) is 0 Å². The highest BCUT2D eigenvalue weighted by Gasteiger charge is 2.35. The summed E-state index contributed by atoms with van der Waals surface area (Å²) in [7, 11) is 0. The second-order valence-electron chi connectivity index (χ2n) is 4.09. The van der Waals surface area contributed by atoms with Gasteiger partial charge in [-0.2, -0.15) is 0 Å². The molecule has 1 fully saturated rings. The minimum Gasteiger partial charge on any atom is -0.379 e. The van der Waals surface area contributed by atoms with E-state index in [9.17, 15) is 0 Å². The molecule has 1 saturated heterocycles. The van der Waals surface area contributed by atoms with Crippen LogP contribution in [0, 0.1) is 0 Å². The Balaban J connectivity index is 2.11. The van der Waals surface area contributed by atoms with E-state index in [1.54, 1.807) is 11.3 Å². The molecule has 1 aliphatic rings. The van der Waals surface area contributed by atoms with Crippen LogP contribution >= 0.6 is 27.3 Å². The molecule has 0 aliphatic carbocycles. The number of nitrogens with zero attached hydrogens (tertiary/aromatic N) is 1. The molecule has 84 valence electrons. The second-order valence-corrected chi connectivity index (χ2v) is 6.04. The Kier molecular flexibility index (Phi) is 2.51. The Labute approximate surface area is 106 Å². The summed E-state index contributed by atoms with van der Waals surface area (Å²) in [5, 5.41) is 0.984. The van der Waals surface area contributed by atoms with Crippen molar-refractivity contribution in [3.63, 3.8) is 0 Å². The van der Waals surface area contributed by atoms with Gasteiger partial charge in [0.1, 0.15) is 5.01 Å². The number of hydrogen-bond donors (Lipinski definition) is 1. The summed E-state index contributed by atoms with van der Waals surface area (Å²) in [6.45, 7) is 1.31. The number of fused-ring (bicyclic) bond motifs is 1. The van der Waals surface area contributed by atoms with Crippen LogP contribution < -0.4 is 5.73 Å². The molecule has 2 N–H and O–H groups in total. The molecule has 3 rings (SSSR count). The van der Waals surface area contributed by atoms with Gasteiger partial charge >= 0.3 is 0 Å². The SMILES string of the molecule is NC1(c2nc3cc(Br)ccc3s2)CCOC1. The molecule has 0 amide bonds. The third-order valence-electron chi connectivity index (χ3n) is 2.83. The molecule has 0 radical (unpaired) electrons. The van der Waals surface area contributed by atoms with Gasteiger partial charge in [-0.15, -0.1) is 11.3 Å². The highest BCUT2D eigenvalue weighted by molar-refractivity contribution is 9.10. The summed E-state index contributed by atoms with van der Waals surface area (Å²) >= 11 is 5.11. The van der Waals surface area contributed by atoms with Gasteiger partial charge in [0, 0.05) is 11.1 Å². The number of rotatable bonds is 1. The lowest BCUT2D eigenvalue weighted by Gasteiger charge is -2.17. The van der Waals surface area contributed by atoms with E-state index in [4.69, 9.17) is 10.5 Å². The van der Waals surface area contributed by atoms with Crippen LogP contribution in [0.4, 0.5) is 0 Å². The van der Waals surface area contributed by atoms with Crippen LogP contribution in [0.25, 0.3) is 10.2 Å². The minimum absolute atomic E-state index is 0.379. The molecule has 5 heteroatoms. The van der Waals surface area contributed by atoms with E-state index < -0.39 is 0 Å². The van der Waals surface area contributed by atoms with E-state index in [0.29, 0.717) is 6.61 Å². The molecule has 1 unspecified atom stereocenters. The first-order valence-corrected chi connectivity index (χ1v) is 6.72. The molecule has 1 aromatic carbocycles. The minimum atomic E-state index is -0.379. The summed E-state index contributed by atoms with van der Waals surface area (Å²) in [6.07, 6.45) is 0.855. The lowest BCUT2D eigenvalue weighted by Crippen LogP contribution is -2.36. The van der Waals surface area contributed by atoms with Crippen LogP contribution in [-0.2, 0) is 10.3 Å². The largest absolute Gasteiger partial charge is 0.379 e. The highest BCUT2D eigenvalue weighted by atomic mass is 79.9. The number of benzene rings is 1. The van der Waals surface area contributed by atoms with Crippen LogP contribution in [0.2, 0.25) is 0 Å². The molecule has 16 heavy (non-hydrogen) atoms. The van der Waals surface area contributed by atoms with Gasteiger partial charge in [-0.05, 0) is 24.6 Å². The molecule has 3 nitrogen and oxygen atoms in total. The van der Waals surface area contributed by atoms with E-state index in [0.717, 1.165) is 28.0 Å². The molecular weight excluding hydrogens is 288 g/mol. The third kappa shape index (κ3) is 1.68. The fourth-order valence-corrected chi connectivity index (χ4v) is 3.27. The average molecular weight is 299 g/mol. The van der Waals surface area contributed by atoms with E-state index in [1.165, 1.54) is 4.70 Å². The van der Waals surface area contributed by atoms with Gasteiger partial charge in [0.15, 0.2) is 0 Å². The molecule has 1 aliphatic heterocycles. The number of aromatic nitrogens is 1. The predicted molar refractivity (Wildman–Crippen MR) is 68.6 cm³/mol. The van der Waals surface area contributed by atoms with Crippen molar-refractivity contribution in [2.24, 2.45) is 5.73 Å². The number of hydrogen-bond acceptors (Lipinski definition) is 4. The summed E-state index contributed by atoms with van der Waals surface area (Å²) in [4.78, 5) is 4.61. The van der Waals surface area contributed by atoms with Crippen LogP contribution in [0.15, 0.2) is 22.7 Å². The topological polar surface area (TPSA) is 48.1 Å². The molecule has 1 aromatic heterocycles. The lowest BCUT2D eigenvalue weighted by atomic mass is 10.0. The Bertz CT molecular complexity index is 534. The van der Waals surface area contributed by atoms with Crippen molar-refractivity contribution < 1.29 is 4.74 Å². The molecule has 0 bridgehead atoms.